The number of anilines is 1. The number of thiophene rings is 1. The second-order valence-corrected chi connectivity index (χ2v) is 9.10. The molecule has 1 fully saturated rings. The summed E-state index contributed by atoms with van der Waals surface area (Å²) in [7, 11) is 1.70. The Labute approximate surface area is 168 Å². The van der Waals surface area contributed by atoms with Gasteiger partial charge in [0, 0.05) is 41.5 Å². The maximum atomic E-state index is 11.5. The van der Waals surface area contributed by atoms with Gasteiger partial charge in [-0.1, -0.05) is 25.5 Å². The summed E-state index contributed by atoms with van der Waals surface area (Å²) < 4.78 is 28.6. The molecule has 0 bridgehead atoms. The van der Waals surface area contributed by atoms with Gasteiger partial charge in [-0.3, -0.25) is 9.11 Å². The molecule has 0 spiro atoms. The fourth-order valence-corrected chi connectivity index (χ4v) is 5.62. The van der Waals surface area contributed by atoms with Crippen molar-refractivity contribution in [3.63, 3.8) is 0 Å². The molecule has 1 aromatic carbocycles. The molecule has 1 aliphatic heterocycles. The van der Waals surface area contributed by atoms with Gasteiger partial charge in [-0.25, -0.2) is 0 Å². The zero-order valence-electron chi connectivity index (χ0n) is 16.1. The number of aryl methyl sites for hydroxylation is 1. The van der Waals surface area contributed by atoms with Gasteiger partial charge in [0.05, 0.1) is 18.2 Å². The van der Waals surface area contributed by atoms with Gasteiger partial charge in [0.15, 0.2) is 0 Å². The third-order valence-electron chi connectivity index (χ3n) is 5.08. The molecule has 0 amide bonds. The van der Waals surface area contributed by atoms with Crippen LogP contribution in [0.5, 0.6) is 5.75 Å². The Morgan fingerprint density at radius 3 is 2.59 bits per heavy atom. The van der Waals surface area contributed by atoms with Crippen molar-refractivity contribution in [1.82, 2.24) is 4.90 Å². The van der Waals surface area contributed by atoms with Crippen LogP contribution >= 0.6 is 11.3 Å². The molecule has 2 unspecified atom stereocenters. The molecule has 148 valence electrons. The first-order valence-corrected chi connectivity index (χ1v) is 11.3. The van der Waals surface area contributed by atoms with Crippen molar-refractivity contribution >= 4 is 28.1 Å². The van der Waals surface area contributed by atoms with Crippen LogP contribution in [0.2, 0.25) is 0 Å². The molecule has 5 nitrogen and oxygen atoms in total. The Kier molecular flexibility index (Phi) is 6.92. The van der Waals surface area contributed by atoms with E-state index < -0.39 is 11.1 Å². The van der Waals surface area contributed by atoms with Gasteiger partial charge in [-0.2, -0.15) is 0 Å². The van der Waals surface area contributed by atoms with Crippen molar-refractivity contribution in [3.8, 4) is 16.2 Å². The first-order chi connectivity index (χ1) is 13.0. The number of ether oxygens (including phenoxy) is 1. The minimum absolute atomic E-state index is 0.357. The minimum Gasteiger partial charge on any atom is -0.771 e. The van der Waals surface area contributed by atoms with Crippen LogP contribution in [0.25, 0.3) is 10.4 Å². The number of rotatable bonds is 7. The molecule has 1 saturated heterocycles. The summed E-state index contributed by atoms with van der Waals surface area (Å²) in [5.41, 5.74) is 2.36. The standard InChI is InChI=1S/C20H28N2O3S2/c1-4-7-20(27(23)24)22-12-10-21(11-13-22)17-14-19(26-15(17)2)16-8-5-6-9-18(16)25-3/h5-6,8-9,14,20H,4,7,10-13H2,1-3H3,(H,23,24)/p-1. The van der Waals surface area contributed by atoms with Crippen molar-refractivity contribution in [2.24, 2.45) is 0 Å². The highest BCUT2D eigenvalue weighted by atomic mass is 32.2. The van der Waals surface area contributed by atoms with Crippen LogP contribution in [-0.2, 0) is 11.1 Å². The van der Waals surface area contributed by atoms with E-state index in [2.05, 4.69) is 28.9 Å². The van der Waals surface area contributed by atoms with E-state index in [-0.39, 0.29) is 5.37 Å². The van der Waals surface area contributed by atoms with Gasteiger partial charge in [0.1, 0.15) is 5.75 Å². The van der Waals surface area contributed by atoms with Crippen LogP contribution < -0.4 is 9.64 Å². The van der Waals surface area contributed by atoms with Crippen LogP contribution in [0, 0.1) is 6.92 Å². The SMILES string of the molecule is CCCC(N1CCN(c2cc(-c3ccccc3OC)sc2C)CC1)S(=O)[O-]. The van der Waals surface area contributed by atoms with Crippen LogP contribution in [0.4, 0.5) is 5.69 Å². The van der Waals surface area contributed by atoms with E-state index in [1.807, 2.05) is 25.1 Å². The maximum Gasteiger partial charge on any atom is 0.127 e. The Balaban J connectivity index is 1.74. The lowest BCUT2D eigenvalue weighted by molar-refractivity contribution is 0.221. The smallest absolute Gasteiger partial charge is 0.127 e. The van der Waals surface area contributed by atoms with Crippen molar-refractivity contribution in [3.05, 3.63) is 35.2 Å². The van der Waals surface area contributed by atoms with Gasteiger partial charge in [0.2, 0.25) is 0 Å². The van der Waals surface area contributed by atoms with Crippen LogP contribution in [0.15, 0.2) is 30.3 Å². The highest BCUT2D eigenvalue weighted by Crippen LogP contribution is 2.40. The molecule has 1 aromatic heterocycles. The number of methoxy groups -OCH3 is 1. The molecule has 0 aliphatic carbocycles. The lowest BCUT2D eigenvalue weighted by Gasteiger charge is -2.40. The van der Waals surface area contributed by atoms with E-state index >= 15 is 0 Å². The van der Waals surface area contributed by atoms with Gasteiger partial charge in [0.25, 0.3) is 0 Å². The topological polar surface area (TPSA) is 55.8 Å². The fraction of sp³-hybridized carbons (Fsp3) is 0.500. The quantitative estimate of drug-likeness (QED) is 0.653. The first-order valence-electron chi connectivity index (χ1n) is 9.36. The molecule has 2 aromatic rings. The van der Waals surface area contributed by atoms with E-state index in [9.17, 15) is 8.76 Å². The molecular weight excluding hydrogens is 380 g/mol. The molecule has 2 atom stereocenters. The molecule has 3 rings (SSSR count). The van der Waals surface area contributed by atoms with E-state index in [4.69, 9.17) is 4.74 Å². The Morgan fingerprint density at radius 2 is 1.96 bits per heavy atom. The monoisotopic (exact) mass is 407 g/mol. The minimum atomic E-state index is -2.04. The Hall–Kier alpha value is -1.41. The number of hydrogen-bond acceptors (Lipinski definition) is 6. The predicted octanol–water partition coefficient (Wildman–Crippen LogP) is 3.86. The summed E-state index contributed by atoms with van der Waals surface area (Å²) in [5.74, 6) is 0.885. The molecule has 0 radical (unpaired) electrons. The van der Waals surface area contributed by atoms with Crippen molar-refractivity contribution < 1.29 is 13.5 Å². The largest absolute Gasteiger partial charge is 0.771 e. The van der Waals surface area contributed by atoms with Crippen LogP contribution in [-0.4, -0.2) is 52.3 Å². The third kappa shape index (κ3) is 4.54. The van der Waals surface area contributed by atoms with Gasteiger partial charge in [-0.15, -0.1) is 11.3 Å². The maximum absolute atomic E-state index is 11.5. The summed E-state index contributed by atoms with van der Waals surface area (Å²) in [6.07, 6.45) is 1.58. The summed E-state index contributed by atoms with van der Waals surface area (Å²) in [6.45, 7) is 7.43. The summed E-state index contributed by atoms with van der Waals surface area (Å²) in [4.78, 5) is 6.96. The lowest BCUT2D eigenvalue weighted by atomic mass is 10.1. The summed E-state index contributed by atoms with van der Waals surface area (Å²) in [6, 6.07) is 10.3. The molecule has 7 heteroatoms. The molecular formula is C20H27N2O3S2-. The molecule has 0 N–H and O–H groups in total. The average molecular weight is 408 g/mol. The number of piperazine rings is 1. The zero-order chi connectivity index (χ0) is 19.4. The van der Waals surface area contributed by atoms with Crippen LogP contribution in [0.3, 0.4) is 0 Å². The normalized spacial score (nSPS) is 17.7. The van der Waals surface area contributed by atoms with E-state index in [1.165, 1.54) is 15.4 Å². The van der Waals surface area contributed by atoms with E-state index in [1.54, 1.807) is 18.4 Å². The third-order valence-corrected chi connectivity index (χ3v) is 7.14. The molecule has 27 heavy (non-hydrogen) atoms. The Morgan fingerprint density at radius 1 is 1.26 bits per heavy atom. The second-order valence-electron chi connectivity index (χ2n) is 6.78. The van der Waals surface area contributed by atoms with Crippen molar-refractivity contribution in [1.29, 1.82) is 0 Å². The van der Waals surface area contributed by atoms with Gasteiger partial charge < -0.3 is 14.2 Å². The highest BCUT2D eigenvalue weighted by molar-refractivity contribution is 7.79. The van der Waals surface area contributed by atoms with Gasteiger partial charge >= 0.3 is 0 Å². The van der Waals surface area contributed by atoms with Crippen LogP contribution in [0.1, 0.15) is 24.6 Å². The molecule has 2 heterocycles. The van der Waals surface area contributed by atoms with E-state index in [0.717, 1.165) is 43.9 Å². The first kappa shape index (κ1) is 20.3. The van der Waals surface area contributed by atoms with Gasteiger partial charge in [-0.05, 0) is 42.6 Å². The number of para-hydroxylation sites is 1. The Bertz CT molecular complexity index is 785. The average Bonchev–Trinajstić information content (AvgIpc) is 3.07. The molecule has 1 aliphatic rings. The molecule has 0 saturated carbocycles. The fourth-order valence-electron chi connectivity index (χ4n) is 3.67. The number of benzene rings is 1. The second kappa shape index (κ2) is 9.19. The highest BCUT2D eigenvalue weighted by Gasteiger charge is 2.25. The zero-order valence-corrected chi connectivity index (χ0v) is 17.8. The lowest BCUT2D eigenvalue weighted by Crippen LogP contribution is -2.51. The van der Waals surface area contributed by atoms with Crippen molar-refractivity contribution in [2.75, 3.05) is 38.2 Å². The van der Waals surface area contributed by atoms with Crippen molar-refractivity contribution in [2.45, 2.75) is 32.1 Å². The number of nitrogens with zero attached hydrogens (tertiary/aromatic N) is 2. The number of hydrogen-bond donors (Lipinski definition) is 0. The predicted molar refractivity (Wildman–Crippen MR) is 112 cm³/mol. The summed E-state index contributed by atoms with van der Waals surface area (Å²) >= 11 is -0.263. The van der Waals surface area contributed by atoms with E-state index in [0.29, 0.717) is 6.42 Å². The summed E-state index contributed by atoms with van der Waals surface area (Å²) in [5, 5.41) is -0.357.